The van der Waals surface area contributed by atoms with Gasteiger partial charge in [-0.25, -0.2) is 4.98 Å². The third-order valence-electron chi connectivity index (χ3n) is 3.00. The van der Waals surface area contributed by atoms with Crippen LogP contribution in [0.1, 0.15) is 27.2 Å². The summed E-state index contributed by atoms with van der Waals surface area (Å²) in [4.78, 5) is 16.0. The summed E-state index contributed by atoms with van der Waals surface area (Å²) < 4.78 is 5.59. The van der Waals surface area contributed by atoms with Gasteiger partial charge in [-0.1, -0.05) is 13.8 Å². The smallest absolute Gasteiger partial charge is 0.226 e. The molecule has 2 rings (SSSR count). The van der Waals surface area contributed by atoms with Crippen molar-refractivity contribution in [3.8, 4) is 0 Å². The third-order valence-corrected chi connectivity index (χ3v) is 3.00. The molecule has 0 aliphatic carbocycles. The molecule has 0 fully saturated rings. The highest BCUT2D eigenvalue weighted by Crippen LogP contribution is 2.18. The quantitative estimate of drug-likeness (QED) is 0.614. The zero-order valence-electron chi connectivity index (χ0n) is 12.9. The Balaban J connectivity index is 1.89. The zero-order chi connectivity index (χ0) is 15.1. The van der Waals surface area contributed by atoms with Crippen molar-refractivity contribution in [2.45, 2.75) is 27.2 Å². The number of imidazole rings is 1. The van der Waals surface area contributed by atoms with Gasteiger partial charge >= 0.3 is 0 Å². The van der Waals surface area contributed by atoms with Crippen LogP contribution >= 0.6 is 0 Å². The molecule has 21 heavy (non-hydrogen) atoms. The van der Waals surface area contributed by atoms with Crippen molar-refractivity contribution >= 4 is 22.9 Å². The summed E-state index contributed by atoms with van der Waals surface area (Å²) in [6.45, 7) is 9.32. The number of H-pyrrole nitrogens is 1. The summed E-state index contributed by atoms with van der Waals surface area (Å²) in [5.41, 5.74) is 1.48. The predicted molar refractivity (Wildman–Crippen MR) is 84.6 cm³/mol. The number of ether oxygens (including phenoxy) is 1. The molecule has 0 aliphatic heterocycles. The molecule has 7 nitrogen and oxygen atoms in total. The average molecular weight is 292 g/mol. The van der Waals surface area contributed by atoms with Crippen LogP contribution in [0.15, 0.2) is 6.33 Å². The normalized spacial score (nSPS) is 11.2. The maximum Gasteiger partial charge on any atom is 0.226 e. The molecule has 0 bridgehead atoms. The Morgan fingerprint density at radius 3 is 2.86 bits per heavy atom. The van der Waals surface area contributed by atoms with E-state index in [1.54, 1.807) is 6.33 Å². The number of anilines is 2. The van der Waals surface area contributed by atoms with Crippen LogP contribution in [0.2, 0.25) is 0 Å². The second-order valence-corrected chi connectivity index (χ2v) is 5.25. The van der Waals surface area contributed by atoms with E-state index in [-0.39, 0.29) is 0 Å². The molecule has 0 amide bonds. The van der Waals surface area contributed by atoms with Crippen LogP contribution in [-0.2, 0) is 4.74 Å². The van der Waals surface area contributed by atoms with Gasteiger partial charge in [-0.3, -0.25) is 0 Å². The number of hydrogen-bond acceptors (Lipinski definition) is 6. The highest BCUT2D eigenvalue weighted by Gasteiger charge is 2.08. The molecule has 0 saturated carbocycles. The number of fused-ring (bicyclic) bond motifs is 1. The third kappa shape index (κ3) is 4.56. The fourth-order valence-electron chi connectivity index (χ4n) is 1.86. The van der Waals surface area contributed by atoms with Crippen LogP contribution in [0.25, 0.3) is 11.2 Å². The summed E-state index contributed by atoms with van der Waals surface area (Å²) in [7, 11) is 0. The molecule has 0 spiro atoms. The van der Waals surface area contributed by atoms with E-state index >= 15 is 0 Å². The highest BCUT2D eigenvalue weighted by molar-refractivity contribution is 5.83. The van der Waals surface area contributed by atoms with E-state index in [2.05, 4.69) is 44.4 Å². The van der Waals surface area contributed by atoms with Gasteiger partial charge in [0.05, 0.1) is 12.9 Å². The molecule has 0 unspecified atom stereocenters. The number of rotatable bonds is 9. The Kier molecular flexibility index (Phi) is 5.74. The van der Waals surface area contributed by atoms with Crippen LogP contribution in [-0.4, -0.2) is 46.2 Å². The lowest BCUT2D eigenvalue weighted by Gasteiger charge is -2.10. The highest BCUT2D eigenvalue weighted by atomic mass is 16.5. The Morgan fingerprint density at radius 2 is 2.10 bits per heavy atom. The number of aromatic nitrogens is 4. The van der Waals surface area contributed by atoms with Gasteiger partial charge in [0.25, 0.3) is 0 Å². The number of nitrogens with zero attached hydrogens (tertiary/aromatic N) is 3. The summed E-state index contributed by atoms with van der Waals surface area (Å²) in [5.74, 6) is 2.01. The molecule has 116 valence electrons. The maximum atomic E-state index is 5.59. The van der Waals surface area contributed by atoms with E-state index in [0.717, 1.165) is 30.9 Å². The average Bonchev–Trinajstić information content (AvgIpc) is 2.91. The molecule has 0 saturated heterocycles. The summed E-state index contributed by atoms with van der Waals surface area (Å²) in [5, 5.41) is 6.38. The van der Waals surface area contributed by atoms with Gasteiger partial charge in [-0.2, -0.15) is 9.97 Å². The minimum atomic E-state index is 0.584. The molecule has 2 heterocycles. The SMILES string of the molecule is CCNc1nc(NCCOCCC(C)C)c2[nH]cnc2n1. The molecule has 0 atom stereocenters. The van der Waals surface area contributed by atoms with Crippen molar-refractivity contribution in [3.05, 3.63) is 6.33 Å². The molecule has 2 aromatic rings. The van der Waals surface area contributed by atoms with E-state index < -0.39 is 0 Å². The summed E-state index contributed by atoms with van der Waals surface area (Å²) in [6, 6.07) is 0. The van der Waals surface area contributed by atoms with Gasteiger partial charge in [0.15, 0.2) is 11.5 Å². The van der Waals surface area contributed by atoms with E-state index in [1.807, 2.05) is 6.92 Å². The first-order valence-corrected chi connectivity index (χ1v) is 7.47. The Hall–Kier alpha value is -1.89. The van der Waals surface area contributed by atoms with Crippen LogP contribution in [0.4, 0.5) is 11.8 Å². The van der Waals surface area contributed by atoms with Gasteiger partial charge in [0.2, 0.25) is 5.95 Å². The van der Waals surface area contributed by atoms with Gasteiger partial charge in [-0.15, -0.1) is 0 Å². The van der Waals surface area contributed by atoms with E-state index in [9.17, 15) is 0 Å². The molecule has 0 radical (unpaired) electrons. The molecule has 0 aromatic carbocycles. The number of nitrogens with one attached hydrogen (secondary N) is 3. The van der Waals surface area contributed by atoms with Crippen LogP contribution in [0.5, 0.6) is 0 Å². The minimum Gasteiger partial charge on any atom is -0.380 e. The van der Waals surface area contributed by atoms with Crippen LogP contribution < -0.4 is 10.6 Å². The maximum absolute atomic E-state index is 5.59. The lowest BCUT2D eigenvalue weighted by atomic mass is 10.1. The molecular weight excluding hydrogens is 268 g/mol. The molecular formula is C14H24N6O. The van der Waals surface area contributed by atoms with Gasteiger partial charge < -0.3 is 20.4 Å². The second-order valence-electron chi connectivity index (χ2n) is 5.25. The van der Waals surface area contributed by atoms with Gasteiger partial charge in [0, 0.05) is 19.7 Å². The van der Waals surface area contributed by atoms with Crippen LogP contribution in [0.3, 0.4) is 0 Å². The van der Waals surface area contributed by atoms with E-state index in [4.69, 9.17) is 4.74 Å². The van der Waals surface area contributed by atoms with Gasteiger partial charge in [-0.05, 0) is 19.3 Å². The van der Waals surface area contributed by atoms with E-state index in [0.29, 0.717) is 30.7 Å². The monoisotopic (exact) mass is 292 g/mol. The standard InChI is InChI=1S/C14H24N6O/c1-4-15-14-19-12(11-13(20-14)18-9-17-11)16-6-8-21-7-5-10(2)3/h9-10H,4-8H2,1-3H3,(H3,15,16,17,18,19,20). The Morgan fingerprint density at radius 1 is 1.24 bits per heavy atom. The zero-order valence-corrected chi connectivity index (χ0v) is 12.9. The first-order valence-electron chi connectivity index (χ1n) is 7.47. The van der Waals surface area contributed by atoms with Crippen molar-refractivity contribution in [2.24, 2.45) is 5.92 Å². The predicted octanol–water partition coefficient (Wildman–Crippen LogP) is 2.26. The van der Waals surface area contributed by atoms with Crippen molar-refractivity contribution in [2.75, 3.05) is 36.9 Å². The molecule has 2 aromatic heterocycles. The number of hydrogen-bond donors (Lipinski definition) is 3. The van der Waals surface area contributed by atoms with Crippen molar-refractivity contribution in [3.63, 3.8) is 0 Å². The lowest BCUT2D eigenvalue weighted by molar-refractivity contribution is 0.132. The molecule has 0 aliphatic rings. The minimum absolute atomic E-state index is 0.584. The number of aromatic amines is 1. The van der Waals surface area contributed by atoms with Crippen molar-refractivity contribution in [1.29, 1.82) is 0 Å². The Bertz CT molecular complexity index is 553. The van der Waals surface area contributed by atoms with Gasteiger partial charge in [0.1, 0.15) is 5.52 Å². The van der Waals surface area contributed by atoms with E-state index in [1.165, 1.54) is 0 Å². The fourth-order valence-corrected chi connectivity index (χ4v) is 1.86. The van der Waals surface area contributed by atoms with Crippen molar-refractivity contribution in [1.82, 2.24) is 19.9 Å². The topological polar surface area (TPSA) is 87.8 Å². The molecule has 7 heteroatoms. The summed E-state index contributed by atoms with van der Waals surface area (Å²) >= 11 is 0. The fraction of sp³-hybridized carbons (Fsp3) is 0.643. The van der Waals surface area contributed by atoms with Crippen LogP contribution in [0, 0.1) is 5.92 Å². The lowest BCUT2D eigenvalue weighted by Crippen LogP contribution is -2.13. The first-order chi connectivity index (χ1) is 10.2. The summed E-state index contributed by atoms with van der Waals surface area (Å²) in [6.07, 6.45) is 2.71. The second kappa shape index (κ2) is 7.78. The molecule has 3 N–H and O–H groups in total. The first kappa shape index (κ1) is 15.5. The largest absolute Gasteiger partial charge is 0.380 e. The van der Waals surface area contributed by atoms with Crippen molar-refractivity contribution < 1.29 is 4.74 Å². The Labute approximate surface area is 124 Å².